The summed E-state index contributed by atoms with van der Waals surface area (Å²) in [6, 6.07) is 5.34. The molecule has 0 amide bonds. The lowest BCUT2D eigenvalue weighted by Crippen LogP contribution is -1.92. The molecule has 5 heteroatoms. The first-order valence-corrected chi connectivity index (χ1v) is 5.62. The van der Waals surface area contributed by atoms with E-state index in [0.29, 0.717) is 16.6 Å². The fraction of sp³-hybridized carbons (Fsp3) is 0.250. The van der Waals surface area contributed by atoms with Gasteiger partial charge in [0.25, 0.3) is 0 Å². The summed E-state index contributed by atoms with van der Waals surface area (Å²) in [5.74, 6) is 1.66. The van der Waals surface area contributed by atoms with Crippen LogP contribution in [0.1, 0.15) is 12.5 Å². The van der Waals surface area contributed by atoms with Gasteiger partial charge in [-0.3, -0.25) is 0 Å². The highest BCUT2D eigenvalue weighted by Gasteiger charge is 2.12. The zero-order valence-electron chi connectivity index (χ0n) is 9.66. The van der Waals surface area contributed by atoms with Gasteiger partial charge in [0, 0.05) is 22.2 Å². The van der Waals surface area contributed by atoms with E-state index >= 15 is 0 Å². The molecule has 1 aromatic heterocycles. The van der Waals surface area contributed by atoms with E-state index in [2.05, 4.69) is 5.16 Å². The van der Waals surface area contributed by atoms with Gasteiger partial charge in [-0.05, 0) is 18.6 Å². The largest absolute Gasteiger partial charge is 0.496 e. The Morgan fingerprint density at radius 2 is 2.18 bits per heavy atom. The van der Waals surface area contributed by atoms with Crippen molar-refractivity contribution in [1.82, 2.24) is 5.16 Å². The molecule has 0 bridgehead atoms. The molecule has 0 saturated heterocycles. The molecular formula is C12H13ClN2O2. The minimum Gasteiger partial charge on any atom is -0.496 e. The van der Waals surface area contributed by atoms with Gasteiger partial charge in [0.05, 0.1) is 7.11 Å². The minimum absolute atomic E-state index is 0.342. The summed E-state index contributed by atoms with van der Waals surface area (Å²) in [4.78, 5) is 0. The first-order chi connectivity index (χ1) is 8.15. The van der Waals surface area contributed by atoms with Gasteiger partial charge in [0.1, 0.15) is 5.75 Å². The van der Waals surface area contributed by atoms with Crippen LogP contribution in [0.2, 0.25) is 5.02 Å². The molecule has 2 N–H and O–H groups in total. The Balaban J connectivity index is 2.53. The van der Waals surface area contributed by atoms with E-state index < -0.39 is 0 Å². The van der Waals surface area contributed by atoms with Crippen LogP contribution in [0.5, 0.6) is 5.75 Å². The van der Waals surface area contributed by atoms with Gasteiger partial charge in [-0.25, -0.2) is 0 Å². The molecule has 0 unspecified atom stereocenters. The van der Waals surface area contributed by atoms with Crippen LogP contribution in [-0.4, -0.2) is 12.3 Å². The lowest BCUT2D eigenvalue weighted by Gasteiger charge is -2.10. The Morgan fingerprint density at radius 3 is 2.71 bits per heavy atom. The van der Waals surface area contributed by atoms with Crippen LogP contribution in [0.15, 0.2) is 22.7 Å². The zero-order chi connectivity index (χ0) is 12.4. The van der Waals surface area contributed by atoms with E-state index in [4.69, 9.17) is 26.6 Å². The zero-order valence-corrected chi connectivity index (χ0v) is 10.4. The third-order valence-corrected chi connectivity index (χ3v) is 2.88. The summed E-state index contributed by atoms with van der Waals surface area (Å²) in [5, 5.41) is 4.29. The van der Waals surface area contributed by atoms with Crippen LogP contribution in [0.25, 0.3) is 11.3 Å². The van der Waals surface area contributed by atoms with Crippen molar-refractivity contribution in [2.45, 2.75) is 13.3 Å². The van der Waals surface area contributed by atoms with Crippen LogP contribution in [-0.2, 0) is 6.42 Å². The predicted octanol–water partition coefficient (Wildman–Crippen LogP) is 3.15. The Bertz CT molecular complexity index is 537. The number of hydrogen-bond donors (Lipinski definition) is 1. The van der Waals surface area contributed by atoms with Crippen LogP contribution in [0.4, 0.5) is 5.82 Å². The van der Waals surface area contributed by atoms with Crippen LogP contribution in [0, 0.1) is 0 Å². The summed E-state index contributed by atoms with van der Waals surface area (Å²) < 4.78 is 10.4. The van der Waals surface area contributed by atoms with Gasteiger partial charge >= 0.3 is 0 Å². The number of nitrogens with two attached hydrogens (primary N) is 1. The number of methoxy groups -OCH3 is 1. The molecule has 0 aliphatic carbocycles. The third kappa shape index (κ3) is 2.22. The molecule has 1 aromatic carbocycles. The van der Waals surface area contributed by atoms with Gasteiger partial charge in [-0.15, -0.1) is 0 Å². The maximum Gasteiger partial charge on any atom is 0.169 e. The minimum atomic E-state index is 0.342. The molecule has 0 atom stereocenters. The maximum absolute atomic E-state index is 6.20. The molecule has 2 rings (SSSR count). The van der Waals surface area contributed by atoms with E-state index in [1.807, 2.05) is 19.1 Å². The first-order valence-electron chi connectivity index (χ1n) is 5.24. The average Bonchev–Trinajstić information content (AvgIpc) is 2.74. The molecule has 2 aromatic rings. The van der Waals surface area contributed by atoms with Gasteiger partial charge in [-0.1, -0.05) is 23.7 Å². The lowest BCUT2D eigenvalue weighted by atomic mass is 10.1. The smallest absolute Gasteiger partial charge is 0.169 e. The molecule has 0 spiro atoms. The first kappa shape index (κ1) is 11.8. The van der Waals surface area contributed by atoms with E-state index in [-0.39, 0.29) is 0 Å². The average molecular weight is 253 g/mol. The number of nitrogen functional groups attached to an aromatic ring is 1. The van der Waals surface area contributed by atoms with Crippen molar-refractivity contribution in [3.05, 3.63) is 28.8 Å². The predicted molar refractivity (Wildman–Crippen MR) is 67.3 cm³/mol. The Kier molecular flexibility index (Phi) is 3.24. The molecular weight excluding hydrogens is 240 g/mol. The van der Waals surface area contributed by atoms with Crippen molar-refractivity contribution < 1.29 is 9.26 Å². The summed E-state index contributed by atoms with van der Waals surface area (Å²) in [6.07, 6.45) is 0.806. The highest BCUT2D eigenvalue weighted by molar-refractivity contribution is 6.31. The summed E-state index contributed by atoms with van der Waals surface area (Å²) in [5.41, 5.74) is 7.29. The molecule has 0 radical (unpaired) electrons. The van der Waals surface area contributed by atoms with Crippen molar-refractivity contribution in [3.63, 3.8) is 0 Å². The number of aromatic nitrogens is 1. The highest BCUT2D eigenvalue weighted by atomic mass is 35.5. The van der Waals surface area contributed by atoms with Crippen molar-refractivity contribution in [3.8, 4) is 17.1 Å². The quantitative estimate of drug-likeness (QED) is 0.912. The Morgan fingerprint density at radius 1 is 1.41 bits per heavy atom. The van der Waals surface area contributed by atoms with Crippen molar-refractivity contribution in [2.24, 2.45) is 0 Å². The molecule has 17 heavy (non-hydrogen) atoms. The summed E-state index contributed by atoms with van der Waals surface area (Å²) >= 11 is 6.20. The normalized spacial score (nSPS) is 10.5. The number of ether oxygens (including phenoxy) is 1. The summed E-state index contributed by atoms with van der Waals surface area (Å²) in [7, 11) is 1.61. The van der Waals surface area contributed by atoms with E-state index in [9.17, 15) is 0 Å². The van der Waals surface area contributed by atoms with Crippen molar-refractivity contribution in [2.75, 3.05) is 12.8 Å². The van der Waals surface area contributed by atoms with Gasteiger partial charge in [0.15, 0.2) is 11.6 Å². The lowest BCUT2D eigenvalue weighted by molar-refractivity contribution is 0.409. The van der Waals surface area contributed by atoms with Crippen molar-refractivity contribution in [1.29, 1.82) is 0 Å². The molecule has 0 aliphatic heterocycles. The van der Waals surface area contributed by atoms with Gasteiger partial charge in [-0.2, -0.15) is 0 Å². The number of rotatable bonds is 3. The molecule has 90 valence electrons. The van der Waals surface area contributed by atoms with Crippen LogP contribution < -0.4 is 10.5 Å². The monoisotopic (exact) mass is 252 g/mol. The highest BCUT2D eigenvalue weighted by Crippen LogP contribution is 2.34. The fourth-order valence-corrected chi connectivity index (χ4v) is 2.05. The fourth-order valence-electron chi connectivity index (χ4n) is 1.70. The van der Waals surface area contributed by atoms with E-state index in [1.165, 1.54) is 0 Å². The van der Waals surface area contributed by atoms with E-state index in [1.54, 1.807) is 13.2 Å². The topological polar surface area (TPSA) is 61.3 Å². The molecule has 0 fully saturated rings. The molecule has 0 saturated carbocycles. The second-order valence-corrected chi connectivity index (χ2v) is 4.02. The standard InChI is InChI=1S/C12H13ClN2O2/c1-3-8-9(13)4-7(5-11(8)16-2)10-6-12(14)15-17-10/h4-6H,3H2,1-2H3,(H2,14,15). The molecule has 1 heterocycles. The number of nitrogens with zero attached hydrogens (tertiary/aromatic N) is 1. The van der Waals surface area contributed by atoms with Gasteiger partial charge < -0.3 is 15.0 Å². The van der Waals surface area contributed by atoms with Crippen LogP contribution >= 0.6 is 11.6 Å². The maximum atomic E-state index is 6.20. The van der Waals surface area contributed by atoms with Gasteiger partial charge in [0.2, 0.25) is 0 Å². The number of anilines is 1. The molecule has 0 aliphatic rings. The second-order valence-electron chi connectivity index (χ2n) is 3.61. The van der Waals surface area contributed by atoms with Crippen molar-refractivity contribution >= 4 is 17.4 Å². The molecule has 4 nitrogen and oxygen atoms in total. The van der Waals surface area contributed by atoms with Crippen LogP contribution in [0.3, 0.4) is 0 Å². The third-order valence-electron chi connectivity index (χ3n) is 2.54. The SMILES string of the molecule is CCc1c(Cl)cc(-c2cc(N)no2)cc1OC. The number of halogens is 1. The Labute approximate surface area is 104 Å². The Hall–Kier alpha value is -1.68. The number of hydrogen-bond acceptors (Lipinski definition) is 4. The second kappa shape index (κ2) is 4.67. The van der Waals surface area contributed by atoms with E-state index in [0.717, 1.165) is 23.3 Å². The number of benzene rings is 1. The summed E-state index contributed by atoms with van der Waals surface area (Å²) in [6.45, 7) is 2.02.